The lowest BCUT2D eigenvalue weighted by molar-refractivity contribution is 1.49. The van der Waals surface area contributed by atoms with Crippen molar-refractivity contribution < 1.29 is 0 Å². The molecule has 0 amide bonds. The summed E-state index contributed by atoms with van der Waals surface area (Å²) in [5, 5.41) is 9.87. The monoisotopic (exact) mass is 317 g/mol. The van der Waals surface area contributed by atoms with E-state index in [0.717, 1.165) is 13.2 Å². The van der Waals surface area contributed by atoms with Crippen molar-refractivity contribution in [2.75, 3.05) is 0 Å². The summed E-state index contributed by atoms with van der Waals surface area (Å²) >= 11 is 8.18. The third-order valence-corrected chi connectivity index (χ3v) is 4.29. The molecule has 0 N–H and O–H groups in total. The van der Waals surface area contributed by atoms with E-state index in [2.05, 4.69) is 41.3 Å². The molecule has 2 aromatic rings. The highest BCUT2D eigenvalue weighted by molar-refractivity contribution is 14.1. The summed E-state index contributed by atoms with van der Waals surface area (Å²) in [6.45, 7) is 0. The number of thiol groups is 1. The lowest BCUT2D eigenvalue weighted by atomic mass is 10.2. The molecule has 1 heterocycles. The van der Waals surface area contributed by atoms with Crippen molar-refractivity contribution in [3.8, 4) is 6.07 Å². The summed E-state index contributed by atoms with van der Waals surface area (Å²) in [5.41, 5.74) is 0.711. The number of nitrogens with zero attached hydrogens (tertiary/aromatic N) is 1. The predicted octanol–water partition coefficient (Wildman–Crippen LogP) is 3.67. The second kappa shape index (κ2) is 3.48. The first-order chi connectivity index (χ1) is 6.20. The molecule has 0 spiro atoms. The smallest absolute Gasteiger partial charge is 0.0992 e. The van der Waals surface area contributed by atoms with Crippen LogP contribution in [0.4, 0.5) is 0 Å². The van der Waals surface area contributed by atoms with E-state index in [9.17, 15) is 0 Å². The topological polar surface area (TPSA) is 23.8 Å². The summed E-state index contributed by atoms with van der Waals surface area (Å²) < 4.78 is 3.32. The lowest BCUT2D eigenvalue weighted by Crippen LogP contribution is -1.76. The quantitative estimate of drug-likeness (QED) is 0.582. The summed E-state index contributed by atoms with van der Waals surface area (Å²) in [6, 6.07) is 7.93. The van der Waals surface area contributed by atoms with Gasteiger partial charge in [0.25, 0.3) is 0 Å². The Labute approximate surface area is 98.9 Å². The van der Waals surface area contributed by atoms with E-state index in [1.54, 1.807) is 11.3 Å². The van der Waals surface area contributed by atoms with Gasteiger partial charge in [-0.05, 0) is 46.2 Å². The largest absolute Gasteiger partial charge is 0.192 e. The Morgan fingerprint density at radius 3 is 2.85 bits per heavy atom. The predicted molar refractivity (Wildman–Crippen MR) is 66.5 cm³/mol. The van der Waals surface area contributed by atoms with Crippen molar-refractivity contribution in [2.45, 2.75) is 4.21 Å². The Kier molecular flexibility index (Phi) is 2.49. The summed E-state index contributed by atoms with van der Waals surface area (Å²) in [5.74, 6) is 0. The van der Waals surface area contributed by atoms with E-state index in [1.807, 2.05) is 18.2 Å². The van der Waals surface area contributed by atoms with Crippen LogP contribution in [0.25, 0.3) is 10.1 Å². The zero-order valence-electron chi connectivity index (χ0n) is 6.41. The second-order valence-corrected chi connectivity index (χ2v) is 5.57. The van der Waals surface area contributed by atoms with Gasteiger partial charge in [0.15, 0.2) is 0 Å². The van der Waals surface area contributed by atoms with Gasteiger partial charge in [-0.2, -0.15) is 5.26 Å². The average molecular weight is 317 g/mol. The van der Waals surface area contributed by atoms with Gasteiger partial charge in [0.05, 0.1) is 15.8 Å². The molecule has 13 heavy (non-hydrogen) atoms. The third kappa shape index (κ3) is 1.68. The highest BCUT2D eigenvalue weighted by Crippen LogP contribution is 2.32. The molecule has 0 aliphatic heterocycles. The van der Waals surface area contributed by atoms with E-state index < -0.39 is 0 Å². The standard InChI is InChI=1S/C9H4INS2/c10-7-2-5(4-11)1-6-3-8(12)13-9(6)7/h1-3,12H. The molecule has 0 radical (unpaired) electrons. The van der Waals surface area contributed by atoms with E-state index in [1.165, 1.54) is 4.70 Å². The van der Waals surface area contributed by atoms with Crippen molar-refractivity contribution in [2.24, 2.45) is 0 Å². The number of nitriles is 1. The summed E-state index contributed by atoms with van der Waals surface area (Å²) in [4.78, 5) is 0. The van der Waals surface area contributed by atoms with Crippen LogP contribution in [0.15, 0.2) is 22.4 Å². The van der Waals surface area contributed by atoms with Gasteiger partial charge in [0.1, 0.15) is 0 Å². The maximum Gasteiger partial charge on any atom is 0.0992 e. The molecule has 0 fully saturated rings. The molecule has 0 atom stereocenters. The van der Waals surface area contributed by atoms with Gasteiger partial charge >= 0.3 is 0 Å². The molecule has 0 saturated carbocycles. The molecular weight excluding hydrogens is 313 g/mol. The Hall–Kier alpha value is -0.250. The summed E-state index contributed by atoms with van der Waals surface area (Å²) in [7, 11) is 0. The molecule has 1 aromatic heterocycles. The second-order valence-electron chi connectivity index (χ2n) is 2.57. The first-order valence-electron chi connectivity index (χ1n) is 3.53. The number of halogens is 1. The average Bonchev–Trinajstić information content (AvgIpc) is 2.46. The fourth-order valence-electron chi connectivity index (χ4n) is 1.16. The Balaban J connectivity index is 2.85. The van der Waals surface area contributed by atoms with E-state index in [0.29, 0.717) is 5.56 Å². The van der Waals surface area contributed by atoms with Gasteiger partial charge in [0, 0.05) is 8.27 Å². The molecule has 0 aliphatic carbocycles. The highest BCUT2D eigenvalue weighted by atomic mass is 127. The SMILES string of the molecule is N#Cc1cc(I)c2sc(S)cc2c1. The molecule has 0 bridgehead atoms. The van der Waals surface area contributed by atoms with Gasteiger partial charge in [-0.25, -0.2) is 0 Å². The molecular formula is C9H4INS2. The number of hydrogen-bond acceptors (Lipinski definition) is 3. The van der Waals surface area contributed by atoms with Gasteiger partial charge in [-0.15, -0.1) is 24.0 Å². The molecule has 1 aromatic carbocycles. The van der Waals surface area contributed by atoms with Gasteiger partial charge < -0.3 is 0 Å². The van der Waals surface area contributed by atoms with Crippen LogP contribution in [0.2, 0.25) is 0 Å². The van der Waals surface area contributed by atoms with Crippen molar-refractivity contribution in [1.82, 2.24) is 0 Å². The first-order valence-corrected chi connectivity index (χ1v) is 5.87. The zero-order valence-corrected chi connectivity index (χ0v) is 10.3. The summed E-state index contributed by atoms with van der Waals surface area (Å²) in [6.07, 6.45) is 0. The Morgan fingerprint density at radius 1 is 1.38 bits per heavy atom. The number of hydrogen-bond donors (Lipinski definition) is 1. The van der Waals surface area contributed by atoms with Gasteiger partial charge in [-0.1, -0.05) is 0 Å². The molecule has 0 aliphatic rings. The van der Waals surface area contributed by atoms with Crippen molar-refractivity contribution in [1.29, 1.82) is 5.26 Å². The molecule has 2 rings (SSSR count). The van der Waals surface area contributed by atoms with Crippen LogP contribution in [0.5, 0.6) is 0 Å². The van der Waals surface area contributed by atoms with Gasteiger partial charge in [0.2, 0.25) is 0 Å². The van der Waals surface area contributed by atoms with Crippen LogP contribution in [0.1, 0.15) is 5.56 Å². The van der Waals surface area contributed by atoms with Crippen LogP contribution in [-0.4, -0.2) is 0 Å². The maximum atomic E-state index is 8.76. The van der Waals surface area contributed by atoms with Crippen LogP contribution >= 0.6 is 46.6 Å². The lowest BCUT2D eigenvalue weighted by Gasteiger charge is -1.93. The van der Waals surface area contributed by atoms with E-state index in [-0.39, 0.29) is 0 Å². The number of thiophene rings is 1. The number of benzene rings is 1. The fourth-order valence-corrected chi connectivity index (χ4v) is 3.34. The highest BCUT2D eigenvalue weighted by Gasteiger charge is 2.04. The Bertz CT molecular complexity index is 510. The minimum absolute atomic E-state index is 0.711. The number of fused-ring (bicyclic) bond motifs is 1. The van der Waals surface area contributed by atoms with Gasteiger partial charge in [-0.3, -0.25) is 0 Å². The zero-order chi connectivity index (χ0) is 9.42. The normalized spacial score (nSPS) is 10.2. The maximum absolute atomic E-state index is 8.76. The minimum atomic E-state index is 0.711. The van der Waals surface area contributed by atoms with Crippen LogP contribution < -0.4 is 0 Å². The number of rotatable bonds is 0. The molecule has 0 saturated heterocycles. The first kappa shape index (κ1) is 9.31. The molecule has 64 valence electrons. The van der Waals surface area contributed by atoms with Crippen LogP contribution in [-0.2, 0) is 0 Å². The van der Waals surface area contributed by atoms with Crippen molar-refractivity contribution in [3.05, 3.63) is 27.3 Å². The van der Waals surface area contributed by atoms with Crippen molar-refractivity contribution in [3.63, 3.8) is 0 Å². The van der Waals surface area contributed by atoms with E-state index >= 15 is 0 Å². The van der Waals surface area contributed by atoms with Crippen molar-refractivity contribution >= 4 is 56.6 Å². The van der Waals surface area contributed by atoms with Crippen LogP contribution in [0.3, 0.4) is 0 Å². The minimum Gasteiger partial charge on any atom is -0.192 e. The third-order valence-electron chi connectivity index (χ3n) is 1.69. The molecule has 0 unspecified atom stereocenters. The van der Waals surface area contributed by atoms with Crippen LogP contribution in [0, 0.1) is 14.9 Å². The van der Waals surface area contributed by atoms with E-state index in [4.69, 9.17) is 5.26 Å². The molecule has 1 nitrogen and oxygen atoms in total. The Morgan fingerprint density at radius 2 is 2.15 bits per heavy atom. The molecule has 4 heteroatoms. The fraction of sp³-hybridized carbons (Fsp3) is 0.